The molecule has 4 nitrogen and oxygen atoms in total. The second-order valence-corrected chi connectivity index (χ2v) is 6.76. The van der Waals surface area contributed by atoms with Gasteiger partial charge >= 0.3 is 0 Å². The molecule has 1 fully saturated rings. The molecule has 0 aromatic heterocycles. The molecule has 132 valence electrons. The molecular formula is C21H26N2O2. The number of nitrogens with one attached hydrogen (secondary N) is 1. The summed E-state index contributed by atoms with van der Waals surface area (Å²) < 4.78 is 0. The van der Waals surface area contributed by atoms with Crippen molar-refractivity contribution in [2.75, 3.05) is 24.5 Å². The second kappa shape index (κ2) is 8.17. The number of aliphatic hydroxyl groups excluding tert-OH is 1. The number of aliphatic hydroxyl groups is 1. The third kappa shape index (κ3) is 4.83. The van der Waals surface area contributed by atoms with Gasteiger partial charge in [-0.1, -0.05) is 29.8 Å². The van der Waals surface area contributed by atoms with E-state index in [4.69, 9.17) is 0 Å². The highest BCUT2D eigenvalue weighted by Crippen LogP contribution is 2.20. The van der Waals surface area contributed by atoms with Gasteiger partial charge in [0.2, 0.25) is 0 Å². The van der Waals surface area contributed by atoms with E-state index in [1.54, 1.807) is 0 Å². The van der Waals surface area contributed by atoms with Gasteiger partial charge in [-0.3, -0.25) is 4.79 Å². The molecule has 2 aromatic rings. The molecule has 1 heterocycles. The number of rotatable bonds is 5. The average molecular weight is 338 g/mol. The van der Waals surface area contributed by atoms with E-state index in [9.17, 15) is 9.90 Å². The minimum atomic E-state index is -0.171. The van der Waals surface area contributed by atoms with Crippen molar-refractivity contribution in [3.63, 3.8) is 0 Å². The molecular weight excluding hydrogens is 312 g/mol. The van der Waals surface area contributed by atoms with Gasteiger partial charge in [0.05, 0.1) is 6.10 Å². The summed E-state index contributed by atoms with van der Waals surface area (Å²) in [6, 6.07) is 16.1. The highest BCUT2D eigenvalue weighted by Gasteiger charge is 2.17. The monoisotopic (exact) mass is 338 g/mol. The van der Waals surface area contributed by atoms with E-state index in [1.807, 2.05) is 24.3 Å². The van der Waals surface area contributed by atoms with Crippen LogP contribution in [0.4, 0.5) is 5.69 Å². The zero-order valence-electron chi connectivity index (χ0n) is 14.7. The van der Waals surface area contributed by atoms with E-state index >= 15 is 0 Å². The fourth-order valence-electron chi connectivity index (χ4n) is 3.12. The second-order valence-electron chi connectivity index (χ2n) is 6.76. The van der Waals surface area contributed by atoms with Crippen LogP contribution in [0.1, 0.15) is 34.3 Å². The van der Waals surface area contributed by atoms with Crippen LogP contribution in [0.3, 0.4) is 0 Å². The van der Waals surface area contributed by atoms with Crippen molar-refractivity contribution in [3.8, 4) is 0 Å². The van der Waals surface area contributed by atoms with Gasteiger partial charge in [0, 0.05) is 30.9 Å². The summed E-state index contributed by atoms with van der Waals surface area (Å²) in [5.74, 6) is -0.0345. The van der Waals surface area contributed by atoms with E-state index in [1.165, 1.54) is 11.1 Å². The van der Waals surface area contributed by atoms with Crippen molar-refractivity contribution in [3.05, 3.63) is 65.2 Å². The van der Waals surface area contributed by atoms with E-state index in [0.29, 0.717) is 12.1 Å². The maximum Gasteiger partial charge on any atom is 0.251 e. The lowest BCUT2D eigenvalue weighted by molar-refractivity contribution is 0.0954. The molecule has 25 heavy (non-hydrogen) atoms. The molecule has 0 bridgehead atoms. The molecule has 2 aromatic carbocycles. The van der Waals surface area contributed by atoms with Gasteiger partial charge in [0.1, 0.15) is 0 Å². The van der Waals surface area contributed by atoms with Crippen LogP contribution >= 0.6 is 0 Å². The molecule has 0 spiro atoms. The lowest BCUT2D eigenvalue weighted by atomic mass is 10.1. The Morgan fingerprint density at radius 3 is 2.36 bits per heavy atom. The highest BCUT2D eigenvalue weighted by atomic mass is 16.3. The van der Waals surface area contributed by atoms with Crippen molar-refractivity contribution in [2.45, 2.75) is 32.3 Å². The number of hydrogen-bond acceptors (Lipinski definition) is 3. The first-order valence-electron chi connectivity index (χ1n) is 8.98. The Morgan fingerprint density at radius 1 is 1.08 bits per heavy atom. The number of benzene rings is 2. The number of piperidine rings is 1. The molecule has 0 radical (unpaired) electrons. The van der Waals surface area contributed by atoms with Gasteiger partial charge in [-0.05, 0) is 56.0 Å². The number of nitrogens with zero attached hydrogens (tertiary/aromatic N) is 1. The lowest BCUT2D eigenvalue weighted by Crippen LogP contribution is -2.35. The van der Waals surface area contributed by atoms with E-state index in [2.05, 4.69) is 41.4 Å². The molecule has 4 heteroatoms. The van der Waals surface area contributed by atoms with E-state index in [0.717, 1.165) is 38.0 Å². The molecule has 0 unspecified atom stereocenters. The molecule has 1 amide bonds. The first-order valence-corrected chi connectivity index (χ1v) is 8.98. The van der Waals surface area contributed by atoms with Crippen LogP contribution in [0.5, 0.6) is 0 Å². The Balaban J connectivity index is 1.49. The van der Waals surface area contributed by atoms with Gasteiger partial charge in [0.15, 0.2) is 0 Å². The van der Waals surface area contributed by atoms with E-state index < -0.39 is 0 Å². The standard InChI is InChI=1S/C21H26N2O2/c1-16-2-4-17(5-3-16)10-13-22-21(25)18-6-8-19(9-7-18)23-14-11-20(24)12-15-23/h2-9,20,24H,10-15H2,1H3,(H,22,25). The number of anilines is 1. The minimum Gasteiger partial charge on any atom is -0.393 e. The summed E-state index contributed by atoms with van der Waals surface area (Å²) in [5.41, 5.74) is 4.28. The fourth-order valence-corrected chi connectivity index (χ4v) is 3.12. The Kier molecular flexibility index (Phi) is 5.71. The Morgan fingerprint density at radius 2 is 1.72 bits per heavy atom. The molecule has 0 aliphatic carbocycles. The predicted octanol–water partition coefficient (Wildman–Crippen LogP) is 2.93. The van der Waals surface area contributed by atoms with Gasteiger partial charge in [-0.15, -0.1) is 0 Å². The summed E-state index contributed by atoms with van der Waals surface area (Å²) in [6.07, 6.45) is 2.28. The molecule has 3 rings (SSSR count). The van der Waals surface area contributed by atoms with Gasteiger partial charge in [-0.2, -0.15) is 0 Å². The Hall–Kier alpha value is -2.33. The Bertz CT molecular complexity index is 687. The maximum absolute atomic E-state index is 12.3. The van der Waals surface area contributed by atoms with Gasteiger partial charge in [-0.25, -0.2) is 0 Å². The first-order chi connectivity index (χ1) is 12.1. The van der Waals surface area contributed by atoms with Crippen molar-refractivity contribution < 1.29 is 9.90 Å². The number of hydrogen-bond donors (Lipinski definition) is 2. The van der Waals surface area contributed by atoms with Crippen LogP contribution in [-0.4, -0.2) is 36.8 Å². The number of aryl methyl sites for hydroxylation is 1. The third-order valence-electron chi connectivity index (χ3n) is 4.78. The summed E-state index contributed by atoms with van der Waals surface area (Å²) in [6.45, 7) is 4.43. The molecule has 1 aliphatic heterocycles. The summed E-state index contributed by atoms with van der Waals surface area (Å²) in [7, 11) is 0. The van der Waals surface area contributed by atoms with Crippen LogP contribution in [0.25, 0.3) is 0 Å². The molecule has 1 aliphatic rings. The molecule has 2 N–H and O–H groups in total. The quantitative estimate of drug-likeness (QED) is 0.881. The first kappa shape index (κ1) is 17.5. The normalized spacial score (nSPS) is 15.2. The fraction of sp³-hybridized carbons (Fsp3) is 0.381. The SMILES string of the molecule is Cc1ccc(CCNC(=O)c2ccc(N3CCC(O)CC3)cc2)cc1. The summed E-state index contributed by atoms with van der Waals surface area (Å²) >= 11 is 0. The minimum absolute atomic E-state index is 0.0345. The Labute approximate surface area is 149 Å². The van der Waals surface area contributed by atoms with Crippen molar-refractivity contribution in [1.82, 2.24) is 5.32 Å². The van der Waals surface area contributed by atoms with Crippen LogP contribution in [0.15, 0.2) is 48.5 Å². The van der Waals surface area contributed by atoms with Crippen molar-refractivity contribution >= 4 is 11.6 Å². The average Bonchev–Trinajstić information content (AvgIpc) is 2.64. The smallest absolute Gasteiger partial charge is 0.251 e. The third-order valence-corrected chi connectivity index (χ3v) is 4.78. The van der Waals surface area contributed by atoms with Gasteiger partial charge in [0.25, 0.3) is 5.91 Å². The van der Waals surface area contributed by atoms with Crippen molar-refractivity contribution in [1.29, 1.82) is 0 Å². The number of carbonyl (C=O) groups excluding carboxylic acids is 1. The molecule has 0 saturated carbocycles. The molecule has 1 saturated heterocycles. The zero-order valence-corrected chi connectivity index (χ0v) is 14.7. The van der Waals surface area contributed by atoms with Crippen LogP contribution in [0.2, 0.25) is 0 Å². The summed E-state index contributed by atoms with van der Waals surface area (Å²) in [5, 5.41) is 12.6. The summed E-state index contributed by atoms with van der Waals surface area (Å²) in [4.78, 5) is 14.5. The van der Waals surface area contributed by atoms with E-state index in [-0.39, 0.29) is 12.0 Å². The molecule has 0 atom stereocenters. The highest BCUT2D eigenvalue weighted by molar-refractivity contribution is 5.94. The van der Waals surface area contributed by atoms with Crippen LogP contribution in [-0.2, 0) is 6.42 Å². The largest absolute Gasteiger partial charge is 0.393 e. The number of carbonyl (C=O) groups is 1. The zero-order chi connectivity index (χ0) is 17.6. The maximum atomic E-state index is 12.3. The van der Waals surface area contributed by atoms with Crippen molar-refractivity contribution in [2.24, 2.45) is 0 Å². The lowest BCUT2D eigenvalue weighted by Gasteiger charge is -2.31. The topological polar surface area (TPSA) is 52.6 Å². The van der Waals surface area contributed by atoms with Gasteiger partial charge < -0.3 is 15.3 Å². The van der Waals surface area contributed by atoms with Crippen LogP contribution in [0, 0.1) is 6.92 Å². The predicted molar refractivity (Wildman–Crippen MR) is 101 cm³/mol. The van der Waals surface area contributed by atoms with Crippen LogP contribution < -0.4 is 10.2 Å². The number of amides is 1.